The zero-order valence-corrected chi connectivity index (χ0v) is 19.1. The van der Waals surface area contributed by atoms with Crippen LogP contribution in [0, 0.1) is 6.92 Å². The summed E-state index contributed by atoms with van der Waals surface area (Å²) < 4.78 is 45.7. The first kappa shape index (κ1) is 22.9. The van der Waals surface area contributed by atoms with Crippen LogP contribution in [0.15, 0.2) is 61.2 Å². The summed E-state index contributed by atoms with van der Waals surface area (Å²) in [5, 5.41) is 12.9. The number of aryl methyl sites for hydroxylation is 1. The SMILES string of the molecule is Cc1nnc(N(Cc2ccc(-n3cncn3)cc2)C2CC2)n1Cc1ccc(OCC(F)(F)F)cc1. The fraction of sp³-hybridized carbons (Fsp3) is 0.333. The van der Waals surface area contributed by atoms with Crippen LogP contribution in [0.3, 0.4) is 0 Å². The van der Waals surface area contributed by atoms with Gasteiger partial charge in [0.1, 0.15) is 24.2 Å². The number of rotatable bonds is 9. The maximum Gasteiger partial charge on any atom is 0.422 e. The lowest BCUT2D eigenvalue weighted by Crippen LogP contribution is -2.28. The average Bonchev–Trinajstić information content (AvgIpc) is 3.41. The van der Waals surface area contributed by atoms with Gasteiger partial charge in [0.05, 0.1) is 12.2 Å². The van der Waals surface area contributed by atoms with Crippen LogP contribution >= 0.6 is 0 Å². The molecule has 11 heteroatoms. The van der Waals surface area contributed by atoms with E-state index in [9.17, 15) is 13.2 Å². The molecule has 8 nitrogen and oxygen atoms in total. The Morgan fingerprint density at radius 2 is 1.71 bits per heavy atom. The number of alkyl halides is 3. The van der Waals surface area contributed by atoms with Gasteiger partial charge in [-0.3, -0.25) is 4.57 Å². The Morgan fingerprint density at radius 3 is 2.34 bits per heavy atom. The highest BCUT2D eigenvalue weighted by Crippen LogP contribution is 2.33. The molecule has 0 saturated heterocycles. The topological polar surface area (TPSA) is 73.9 Å². The van der Waals surface area contributed by atoms with Crippen molar-refractivity contribution < 1.29 is 17.9 Å². The number of anilines is 1. The van der Waals surface area contributed by atoms with Crippen LogP contribution in [0.2, 0.25) is 0 Å². The normalized spacial score (nSPS) is 13.7. The van der Waals surface area contributed by atoms with Crippen LogP contribution in [0.25, 0.3) is 5.69 Å². The van der Waals surface area contributed by atoms with Crippen LogP contribution in [0.4, 0.5) is 19.1 Å². The molecule has 0 amide bonds. The highest BCUT2D eigenvalue weighted by Gasteiger charge is 2.33. The molecule has 5 rings (SSSR count). The fourth-order valence-corrected chi connectivity index (χ4v) is 3.85. The van der Waals surface area contributed by atoms with Crippen molar-refractivity contribution in [3.8, 4) is 11.4 Å². The van der Waals surface area contributed by atoms with Gasteiger partial charge in [-0.15, -0.1) is 10.2 Å². The van der Waals surface area contributed by atoms with E-state index >= 15 is 0 Å². The van der Waals surface area contributed by atoms with E-state index in [1.807, 2.05) is 23.6 Å². The van der Waals surface area contributed by atoms with Gasteiger partial charge in [0, 0.05) is 12.6 Å². The quantitative estimate of drug-likeness (QED) is 0.353. The Kier molecular flexibility index (Phi) is 6.14. The number of nitrogens with zero attached hydrogens (tertiary/aromatic N) is 7. The zero-order valence-electron chi connectivity index (χ0n) is 19.1. The van der Waals surface area contributed by atoms with Gasteiger partial charge in [0.25, 0.3) is 0 Å². The minimum absolute atomic E-state index is 0.181. The summed E-state index contributed by atoms with van der Waals surface area (Å²) in [5.74, 6) is 1.73. The summed E-state index contributed by atoms with van der Waals surface area (Å²) in [6, 6.07) is 15.2. The van der Waals surface area contributed by atoms with Crippen molar-refractivity contribution in [2.75, 3.05) is 11.5 Å². The van der Waals surface area contributed by atoms with Crippen LogP contribution in [0.5, 0.6) is 5.75 Å². The van der Waals surface area contributed by atoms with Crippen LogP contribution < -0.4 is 9.64 Å². The van der Waals surface area contributed by atoms with E-state index in [1.165, 1.54) is 6.33 Å². The fourth-order valence-electron chi connectivity index (χ4n) is 3.85. The van der Waals surface area contributed by atoms with Crippen molar-refractivity contribution in [1.29, 1.82) is 0 Å². The lowest BCUT2D eigenvalue weighted by atomic mass is 10.2. The number of aromatic nitrogens is 6. The number of hydrogen-bond acceptors (Lipinski definition) is 6. The summed E-state index contributed by atoms with van der Waals surface area (Å²) >= 11 is 0. The first-order valence-corrected chi connectivity index (χ1v) is 11.2. The lowest BCUT2D eigenvalue weighted by Gasteiger charge is -2.24. The van der Waals surface area contributed by atoms with Crippen molar-refractivity contribution in [2.45, 2.75) is 45.1 Å². The van der Waals surface area contributed by atoms with E-state index in [1.54, 1.807) is 35.3 Å². The third kappa shape index (κ3) is 5.61. The average molecular weight is 483 g/mol. The molecule has 2 aromatic heterocycles. The van der Waals surface area contributed by atoms with Crippen molar-refractivity contribution >= 4 is 5.95 Å². The first-order chi connectivity index (χ1) is 16.9. The van der Waals surface area contributed by atoms with E-state index in [4.69, 9.17) is 4.74 Å². The van der Waals surface area contributed by atoms with Gasteiger partial charge >= 0.3 is 6.18 Å². The molecular weight excluding hydrogens is 459 g/mol. The van der Waals surface area contributed by atoms with E-state index in [2.05, 4.69) is 37.3 Å². The molecule has 35 heavy (non-hydrogen) atoms. The second kappa shape index (κ2) is 9.40. The molecule has 0 atom stereocenters. The molecule has 0 unspecified atom stereocenters. The van der Waals surface area contributed by atoms with Gasteiger partial charge in [-0.25, -0.2) is 9.67 Å². The predicted octanol–water partition coefficient (Wildman–Crippen LogP) is 4.33. The maximum absolute atomic E-state index is 12.4. The van der Waals surface area contributed by atoms with Crippen LogP contribution in [0.1, 0.15) is 29.8 Å². The van der Waals surface area contributed by atoms with E-state index < -0.39 is 12.8 Å². The Balaban J connectivity index is 1.31. The van der Waals surface area contributed by atoms with E-state index in [0.29, 0.717) is 19.1 Å². The van der Waals surface area contributed by atoms with Crippen LogP contribution in [-0.4, -0.2) is 48.4 Å². The van der Waals surface area contributed by atoms with Gasteiger partial charge in [0.15, 0.2) is 6.61 Å². The predicted molar refractivity (Wildman–Crippen MR) is 122 cm³/mol. The molecule has 0 aliphatic heterocycles. The van der Waals surface area contributed by atoms with Gasteiger partial charge in [-0.1, -0.05) is 24.3 Å². The molecular formula is C24H24F3N7O. The molecule has 1 fully saturated rings. The van der Waals surface area contributed by atoms with Crippen LogP contribution in [-0.2, 0) is 13.1 Å². The largest absolute Gasteiger partial charge is 0.484 e. The standard InChI is InChI=1S/C24H24F3N7O/c1-17-30-31-23(32(17)12-19-4-10-22(11-5-19)35-14-24(25,26)27)33(20-8-9-20)13-18-2-6-21(7-3-18)34-16-28-15-29-34/h2-7,10-11,15-16,20H,8-9,12-14H2,1H3. The maximum atomic E-state index is 12.4. The smallest absolute Gasteiger partial charge is 0.422 e. The Bertz CT molecular complexity index is 1250. The molecule has 1 aliphatic rings. The van der Waals surface area contributed by atoms with Crippen molar-refractivity contribution in [3.05, 3.63) is 78.1 Å². The molecule has 182 valence electrons. The molecule has 0 bridgehead atoms. The highest BCUT2D eigenvalue weighted by molar-refractivity contribution is 5.40. The van der Waals surface area contributed by atoms with E-state index in [0.717, 1.165) is 41.4 Å². The molecule has 2 aromatic carbocycles. The minimum atomic E-state index is -4.36. The lowest BCUT2D eigenvalue weighted by molar-refractivity contribution is -0.153. The van der Waals surface area contributed by atoms with Crippen molar-refractivity contribution in [1.82, 2.24) is 29.5 Å². The molecule has 2 heterocycles. The Hall–Kier alpha value is -3.89. The molecule has 1 aliphatic carbocycles. The van der Waals surface area contributed by atoms with Crippen molar-refractivity contribution in [3.63, 3.8) is 0 Å². The summed E-state index contributed by atoms with van der Waals surface area (Å²) in [7, 11) is 0. The van der Waals surface area contributed by atoms with E-state index in [-0.39, 0.29) is 5.75 Å². The first-order valence-electron chi connectivity index (χ1n) is 11.2. The van der Waals surface area contributed by atoms with Gasteiger partial charge in [0.2, 0.25) is 5.95 Å². The molecule has 0 radical (unpaired) electrons. The second-order valence-electron chi connectivity index (χ2n) is 8.55. The number of halogens is 3. The molecule has 1 saturated carbocycles. The minimum Gasteiger partial charge on any atom is -0.484 e. The third-order valence-corrected chi connectivity index (χ3v) is 5.80. The van der Waals surface area contributed by atoms with Gasteiger partial charge in [-0.05, 0) is 55.2 Å². The summed E-state index contributed by atoms with van der Waals surface area (Å²) in [4.78, 5) is 6.25. The third-order valence-electron chi connectivity index (χ3n) is 5.80. The Morgan fingerprint density at radius 1 is 1.00 bits per heavy atom. The Labute approximate surface area is 200 Å². The highest BCUT2D eigenvalue weighted by atomic mass is 19.4. The number of hydrogen-bond donors (Lipinski definition) is 0. The monoisotopic (exact) mass is 483 g/mol. The summed E-state index contributed by atoms with van der Waals surface area (Å²) in [6.07, 6.45) is 0.977. The zero-order chi connectivity index (χ0) is 24.4. The summed E-state index contributed by atoms with van der Waals surface area (Å²) in [5.41, 5.74) is 2.99. The van der Waals surface area contributed by atoms with Crippen molar-refractivity contribution in [2.24, 2.45) is 0 Å². The molecule has 0 spiro atoms. The molecule has 0 N–H and O–H groups in total. The summed E-state index contributed by atoms with van der Waals surface area (Å²) in [6.45, 7) is 1.78. The van der Waals surface area contributed by atoms with Gasteiger partial charge < -0.3 is 9.64 Å². The van der Waals surface area contributed by atoms with Gasteiger partial charge in [-0.2, -0.15) is 18.3 Å². The number of benzene rings is 2. The second-order valence-corrected chi connectivity index (χ2v) is 8.55. The molecule has 4 aromatic rings. The number of ether oxygens (including phenoxy) is 1.